The van der Waals surface area contributed by atoms with Crippen molar-refractivity contribution in [3.05, 3.63) is 0 Å². The van der Waals surface area contributed by atoms with E-state index in [1.807, 2.05) is 7.05 Å². The van der Waals surface area contributed by atoms with Gasteiger partial charge in [-0.3, -0.25) is 4.79 Å². The molecule has 1 saturated carbocycles. The maximum Gasteiger partial charge on any atom is 0.326 e. The molecule has 0 saturated heterocycles. The minimum Gasteiger partial charge on any atom is -0.468 e. The second-order valence-corrected chi connectivity index (χ2v) is 5.77. The van der Waals surface area contributed by atoms with E-state index in [2.05, 4.69) is 26.1 Å². The molecule has 2 atom stereocenters. The molecule has 1 rings (SSSR count). The van der Waals surface area contributed by atoms with Crippen molar-refractivity contribution in [2.45, 2.75) is 70.1 Å². The fourth-order valence-corrected chi connectivity index (χ4v) is 2.57. The Labute approximate surface area is 110 Å². The molecule has 0 spiro atoms. The summed E-state index contributed by atoms with van der Waals surface area (Å²) in [5, 5.41) is 3.15. The van der Waals surface area contributed by atoms with E-state index in [0.29, 0.717) is 6.42 Å². The highest BCUT2D eigenvalue weighted by molar-refractivity contribution is 5.80. The molecule has 0 radical (unpaired) electrons. The van der Waals surface area contributed by atoms with Crippen molar-refractivity contribution in [2.24, 2.45) is 0 Å². The van der Waals surface area contributed by atoms with E-state index in [4.69, 9.17) is 9.47 Å². The Hall–Kier alpha value is -0.610. The Bertz CT molecular complexity index is 291. The van der Waals surface area contributed by atoms with Crippen LogP contribution in [0.25, 0.3) is 0 Å². The number of likely N-dealkylation sites (N-methyl/N-ethyl adjacent to an activating group) is 1. The number of nitrogens with one attached hydrogen (secondary N) is 1. The topological polar surface area (TPSA) is 47.6 Å². The zero-order valence-corrected chi connectivity index (χ0v) is 12.3. The summed E-state index contributed by atoms with van der Waals surface area (Å²) >= 11 is 0. The van der Waals surface area contributed by atoms with E-state index in [-0.39, 0.29) is 17.7 Å². The van der Waals surface area contributed by atoms with Gasteiger partial charge in [-0.25, -0.2) is 0 Å². The molecule has 106 valence electrons. The van der Waals surface area contributed by atoms with E-state index in [0.717, 1.165) is 25.7 Å². The van der Waals surface area contributed by atoms with Crippen LogP contribution in [0.15, 0.2) is 0 Å². The third kappa shape index (κ3) is 3.45. The zero-order chi connectivity index (χ0) is 13.8. The van der Waals surface area contributed by atoms with Gasteiger partial charge in [0.15, 0.2) is 0 Å². The maximum absolute atomic E-state index is 12.0. The molecule has 0 aromatic heterocycles. The monoisotopic (exact) mass is 257 g/mol. The van der Waals surface area contributed by atoms with Gasteiger partial charge in [-0.1, -0.05) is 6.92 Å². The number of hydrogen-bond acceptors (Lipinski definition) is 4. The van der Waals surface area contributed by atoms with Gasteiger partial charge in [0, 0.05) is 6.42 Å². The summed E-state index contributed by atoms with van der Waals surface area (Å²) in [6.45, 7) is 6.32. The average Bonchev–Trinajstić information content (AvgIpc) is 2.37. The van der Waals surface area contributed by atoms with Gasteiger partial charge in [0.25, 0.3) is 0 Å². The first-order valence-corrected chi connectivity index (χ1v) is 6.84. The smallest absolute Gasteiger partial charge is 0.326 e. The van der Waals surface area contributed by atoms with Crippen molar-refractivity contribution in [1.29, 1.82) is 0 Å². The maximum atomic E-state index is 12.0. The van der Waals surface area contributed by atoms with Crippen LogP contribution >= 0.6 is 0 Å². The van der Waals surface area contributed by atoms with Crippen molar-refractivity contribution in [3.63, 3.8) is 0 Å². The summed E-state index contributed by atoms with van der Waals surface area (Å²) in [7, 11) is 3.27. The Morgan fingerprint density at radius 3 is 2.67 bits per heavy atom. The quantitative estimate of drug-likeness (QED) is 0.768. The van der Waals surface area contributed by atoms with E-state index < -0.39 is 5.54 Å². The first kappa shape index (κ1) is 15.4. The Morgan fingerprint density at radius 1 is 1.50 bits per heavy atom. The van der Waals surface area contributed by atoms with Gasteiger partial charge in [-0.2, -0.15) is 0 Å². The molecule has 2 unspecified atom stereocenters. The van der Waals surface area contributed by atoms with Crippen LogP contribution in [0.3, 0.4) is 0 Å². The molecule has 1 N–H and O–H groups in total. The molecule has 0 aliphatic heterocycles. The lowest BCUT2D eigenvalue weighted by Crippen LogP contribution is -2.56. The third-order valence-corrected chi connectivity index (χ3v) is 4.10. The standard InChI is InChI=1S/C14H27NO3/c1-6-13(2,3)18-11-8-7-9-14(10-11,15-4)12(16)17-5/h11,15H,6-10H2,1-5H3. The molecule has 4 nitrogen and oxygen atoms in total. The van der Waals surface area contributed by atoms with Crippen LogP contribution < -0.4 is 5.32 Å². The zero-order valence-electron chi connectivity index (χ0n) is 12.3. The first-order chi connectivity index (χ1) is 8.39. The second-order valence-electron chi connectivity index (χ2n) is 5.77. The van der Waals surface area contributed by atoms with Crippen LogP contribution in [0.2, 0.25) is 0 Å². The molecule has 1 aliphatic rings. The van der Waals surface area contributed by atoms with Crippen LogP contribution in [0.4, 0.5) is 0 Å². The van der Waals surface area contributed by atoms with Crippen LogP contribution in [0.5, 0.6) is 0 Å². The highest BCUT2D eigenvalue weighted by atomic mass is 16.5. The molecule has 0 amide bonds. The summed E-state index contributed by atoms with van der Waals surface area (Å²) in [6, 6.07) is 0. The van der Waals surface area contributed by atoms with E-state index in [1.165, 1.54) is 7.11 Å². The average molecular weight is 257 g/mol. The van der Waals surface area contributed by atoms with Gasteiger partial charge in [0.05, 0.1) is 18.8 Å². The van der Waals surface area contributed by atoms with E-state index in [9.17, 15) is 4.79 Å². The number of hydrogen-bond donors (Lipinski definition) is 1. The molecular weight excluding hydrogens is 230 g/mol. The molecule has 18 heavy (non-hydrogen) atoms. The predicted molar refractivity (Wildman–Crippen MR) is 71.5 cm³/mol. The van der Waals surface area contributed by atoms with Gasteiger partial charge in [-0.15, -0.1) is 0 Å². The van der Waals surface area contributed by atoms with Gasteiger partial charge in [-0.05, 0) is 46.6 Å². The molecule has 1 fully saturated rings. The summed E-state index contributed by atoms with van der Waals surface area (Å²) in [5.74, 6) is -0.174. The van der Waals surface area contributed by atoms with Gasteiger partial charge < -0.3 is 14.8 Å². The van der Waals surface area contributed by atoms with Crippen LogP contribution in [-0.4, -0.2) is 37.4 Å². The van der Waals surface area contributed by atoms with Crippen molar-refractivity contribution < 1.29 is 14.3 Å². The van der Waals surface area contributed by atoms with Crippen LogP contribution in [-0.2, 0) is 14.3 Å². The molecule has 4 heteroatoms. The van der Waals surface area contributed by atoms with E-state index >= 15 is 0 Å². The summed E-state index contributed by atoms with van der Waals surface area (Å²) in [5.41, 5.74) is -0.695. The lowest BCUT2D eigenvalue weighted by Gasteiger charge is -2.41. The molecule has 0 heterocycles. The number of ether oxygens (including phenoxy) is 2. The number of esters is 1. The molecule has 0 bridgehead atoms. The number of carbonyl (C=O) groups excluding carboxylic acids is 1. The Balaban J connectivity index is 2.73. The SMILES string of the molecule is CCC(C)(C)OC1CCCC(NC)(C(=O)OC)C1. The lowest BCUT2D eigenvalue weighted by atomic mass is 9.80. The van der Waals surface area contributed by atoms with Gasteiger partial charge in [0.2, 0.25) is 0 Å². The number of methoxy groups -OCH3 is 1. The van der Waals surface area contributed by atoms with E-state index in [1.54, 1.807) is 0 Å². The van der Waals surface area contributed by atoms with Gasteiger partial charge in [0.1, 0.15) is 5.54 Å². The number of carbonyl (C=O) groups is 1. The van der Waals surface area contributed by atoms with Crippen molar-refractivity contribution >= 4 is 5.97 Å². The molecule has 0 aromatic carbocycles. The highest BCUT2D eigenvalue weighted by Gasteiger charge is 2.43. The largest absolute Gasteiger partial charge is 0.468 e. The first-order valence-electron chi connectivity index (χ1n) is 6.84. The van der Waals surface area contributed by atoms with Crippen molar-refractivity contribution in [3.8, 4) is 0 Å². The molecular formula is C14H27NO3. The summed E-state index contributed by atoms with van der Waals surface area (Å²) in [6.07, 6.45) is 4.61. The third-order valence-electron chi connectivity index (χ3n) is 4.10. The Morgan fingerprint density at radius 2 is 2.17 bits per heavy atom. The fraction of sp³-hybridized carbons (Fsp3) is 0.929. The second kappa shape index (κ2) is 6.02. The van der Waals surface area contributed by atoms with Crippen LogP contribution in [0.1, 0.15) is 52.9 Å². The minimum absolute atomic E-state index is 0.125. The van der Waals surface area contributed by atoms with Crippen LogP contribution in [0, 0.1) is 0 Å². The summed E-state index contributed by atoms with van der Waals surface area (Å²) < 4.78 is 11.1. The fourth-order valence-electron chi connectivity index (χ4n) is 2.57. The lowest BCUT2D eigenvalue weighted by molar-refractivity contribution is -0.156. The highest BCUT2D eigenvalue weighted by Crippen LogP contribution is 2.33. The molecule has 1 aliphatic carbocycles. The summed E-state index contributed by atoms with van der Waals surface area (Å²) in [4.78, 5) is 12.0. The normalized spacial score (nSPS) is 29.1. The van der Waals surface area contributed by atoms with Crippen molar-refractivity contribution in [1.82, 2.24) is 5.32 Å². The molecule has 0 aromatic rings. The predicted octanol–water partition coefficient (Wildman–Crippen LogP) is 2.27. The minimum atomic E-state index is -0.568. The van der Waals surface area contributed by atoms with Crippen molar-refractivity contribution in [2.75, 3.05) is 14.2 Å². The Kier molecular flexibility index (Phi) is 5.17. The number of rotatable bonds is 5. The van der Waals surface area contributed by atoms with Gasteiger partial charge >= 0.3 is 5.97 Å².